The number of aliphatic hydroxyl groups excluding tert-OH is 1. The highest BCUT2D eigenvalue weighted by Crippen LogP contribution is 2.18. The van der Waals surface area contributed by atoms with E-state index in [2.05, 4.69) is 15.6 Å². The predicted molar refractivity (Wildman–Crippen MR) is 133 cm³/mol. The van der Waals surface area contributed by atoms with Gasteiger partial charge in [0.1, 0.15) is 18.2 Å². The van der Waals surface area contributed by atoms with Gasteiger partial charge >= 0.3 is 12.1 Å². The summed E-state index contributed by atoms with van der Waals surface area (Å²) in [5.41, 5.74) is 0.574. The first-order valence-corrected chi connectivity index (χ1v) is 11.6. The molecule has 1 aromatic heterocycles. The Morgan fingerprint density at radius 1 is 1.17 bits per heavy atom. The zero-order valence-corrected chi connectivity index (χ0v) is 20.1. The van der Waals surface area contributed by atoms with Crippen molar-refractivity contribution in [3.63, 3.8) is 0 Å². The summed E-state index contributed by atoms with van der Waals surface area (Å²) in [5.74, 6) is -0.103. The topological polar surface area (TPSA) is 104 Å². The molecule has 0 aliphatic rings. The molecule has 0 fully saturated rings. The van der Waals surface area contributed by atoms with Crippen molar-refractivity contribution in [2.24, 2.45) is 0 Å². The molecule has 1 atom stereocenters. The highest BCUT2D eigenvalue weighted by Gasteiger charge is 2.22. The van der Waals surface area contributed by atoms with E-state index in [-0.39, 0.29) is 24.8 Å². The van der Waals surface area contributed by atoms with E-state index in [1.807, 2.05) is 24.3 Å². The number of pyridine rings is 1. The maximum atomic E-state index is 13.2. The molecule has 0 spiro atoms. The monoisotopic (exact) mass is 502 g/mol. The van der Waals surface area contributed by atoms with Crippen LogP contribution in [0, 0.1) is 5.82 Å². The summed E-state index contributed by atoms with van der Waals surface area (Å²) in [4.78, 5) is 30.7. The second-order valence-electron chi connectivity index (χ2n) is 8.02. The van der Waals surface area contributed by atoms with Crippen molar-refractivity contribution in [3.8, 4) is 0 Å². The molecule has 0 radical (unpaired) electrons. The maximum Gasteiger partial charge on any atom is 0.412 e. The number of likely N-dealkylation sites (N-methyl/N-ethyl adjacent to an activating group) is 1. The van der Waals surface area contributed by atoms with Crippen LogP contribution < -0.4 is 10.6 Å². The van der Waals surface area contributed by atoms with Crippen molar-refractivity contribution >= 4 is 40.3 Å². The van der Waals surface area contributed by atoms with Crippen molar-refractivity contribution in [2.75, 3.05) is 25.6 Å². The third-order valence-corrected chi connectivity index (χ3v) is 5.88. The number of nitrogens with zero attached hydrogens (tertiary/aromatic N) is 2. The summed E-state index contributed by atoms with van der Waals surface area (Å²) in [6.07, 6.45) is 2.69. The number of hydrogen-bond acceptors (Lipinski definition) is 5. The third-order valence-electron chi connectivity index (χ3n) is 5.53. The molecule has 1 heterocycles. The van der Waals surface area contributed by atoms with Crippen LogP contribution in [0.3, 0.4) is 0 Å². The van der Waals surface area contributed by atoms with Crippen LogP contribution in [-0.2, 0) is 11.3 Å². The van der Waals surface area contributed by atoms with Gasteiger partial charge in [0, 0.05) is 36.8 Å². The normalized spacial score (nSPS) is 11.7. The lowest BCUT2D eigenvalue weighted by Gasteiger charge is -2.28. The number of fused-ring (bicyclic) bond motifs is 1. The fourth-order valence-corrected chi connectivity index (χ4v) is 3.71. The van der Waals surface area contributed by atoms with Gasteiger partial charge in [-0.15, -0.1) is 0 Å². The molecule has 35 heavy (non-hydrogen) atoms. The Balaban J connectivity index is 1.56. The highest BCUT2D eigenvalue weighted by atomic mass is 35.5. The van der Waals surface area contributed by atoms with E-state index in [0.29, 0.717) is 30.6 Å². The van der Waals surface area contributed by atoms with E-state index in [9.17, 15) is 14.0 Å². The second-order valence-corrected chi connectivity index (χ2v) is 8.43. The van der Waals surface area contributed by atoms with Crippen molar-refractivity contribution in [1.29, 1.82) is 0 Å². The zero-order valence-electron chi connectivity index (χ0n) is 19.3. The third kappa shape index (κ3) is 7.80. The number of benzene rings is 2. The standard InChI is InChI=1S/C25H28ClFN4O4/c1-31(24(33)29-15-19-9-10-20(27)13-22(19)26)21(8-4-5-11-32)16-35-25(34)30-23-12-17-6-2-3-7-18(17)14-28-23/h2-3,6-7,9-10,12-14,21,32H,4-5,8,11,15-16H2,1H3,(H,29,33)(H,28,30,34). The number of unbranched alkanes of at least 4 members (excludes halogenated alkanes) is 1. The maximum absolute atomic E-state index is 13.2. The number of aromatic nitrogens is 1. The lowest BCUT2D eigenvalue weighted by Crippen LogP contribution is -2.46. The van der Waals surface area contributed by atoms with E-state index in [1.165, 1.54) is 23.1 Å². The SMILES string of the molecule is CN(C(=O)NCc1ccc(F)cc1Cl)C(CCCCO)COC(=O)Nc1cc2ccccc2cn1. The molecule has 3 rings (SSSR count). The molecular weight excluding hydrogens is 475 g/mol. The number of hydrogen-bond donors (Lipinski definition) is 3. The molecule has 0 bridgehead atoms. The highest BCUT2D eigenvalue weighted by molar-refractivity contribution is 6.31. The largest absolute Gasteiger partial charge is 0.447 e. The Labute approximate surface area is 208 Å². The fraction of sp³-hybridized carbons (Fsp3) is 0.320. The van der Waals surface area contributed by atoms with Gasteiger partial charge < -0.3 is 20.1 Å². The number of ether oxygens (including phenoxy) is 1. The van der Waals surface area contributed by atoms with Crippen LogP contribution in [-0.4, -0.2) is 53.4 Å². The molecule has 0 saturated heterocycles. The van der Waals surface area contributed by atoms with Gasteiger partial charge in [0.25, 0.3) is 0 Å². The zero-order chi connectivity index (χ0) is 25.2. The van der Waals surface area contributed by atoms with Crippen LogP contribution in [0.5, 0.6) is 0 Å². The Morgan fingerprint density at radius 2 is 1.94 bits per heavy atom. The average Bonchev–Trinajstić information content (AvgIpc) is 2.85. The molecule has 0 saturated carbocycles. The first kappa shape index (κ1) is 26.2. The summed E-state index contributed by atoms with van der Waals surface area (Å²) in [6.45, 7) is 0.0906. The average molecular weight is 503 g/mol. The molecule has 3 aromatic rings. The van der Waals surface area contributed by atoms with Crippen molar-refractivity contribution in [1.82, 2.24) is 15.2 Å². The summed E-state index contributed by atoms with van der Waals surface area (Å²) in [7, 11) is 1.59. The number of urea groups is 1. The molecule has 1 unspecified atom stereocenters. The van der Waals surface area contributed by atoms with Crippen LogP contribution in [0.4, 0.5) is 19.8 Å². The van der Waals surface area contributed by atoms with Crippen molar-refractivity contribution in [3.05, 3.63) is 71.1 Å². The minimum Gasteiger partial charge on any atom is -0.447 e. The van der Waals surface area contributed by atoms with Crippen LogP contribution in [0.15, 0.2) is 54.7 Å². The van der Waals surface area contributed by atoms with Gasteiger partial charge in [-0.3, -0.25) is 5.32 Å². The number of halogens is 2. The molecular formula is C25H28ClFN4O4. The van der Waals surface area contributed by atoms with Gasteiger partial charge in [-0.2, -0.15) is 0 Å². The smallest absolute Gasteiger partial charge is 0.412 e. The van der Waals surface area contributed by atoms with Crippen LogP contribution in [0.2, 0.25) is 5.02 Å². The quantitative estimate of drug-likeness (QED) is 0.340. The molecule has 3 N–H and O–H groups in total. The van der Waals surface area contributed by atoms with Crippen molar-refractivity contribution in [2.45, 2.75) is 31.8 Å². The summed E-state index contributed by atoms with van der Waals surface area (Å²) >= 11 is 6.02. The minimum atomic E-state index is -0.688. The van der Waals surface area contributed by atoms with Crippen LogP contribution >= 0.6 is 11.6 Å². The summed E-state index contributed by atoms with van der Waals surface area (Å²) in [5, 5.41) is 16.5. The van der Waals surface area contributed by atoms with E-state index < -0.39 is 24.0 Å². The lowest BCUT2D eigenvalue weighted by atomic mass is 10.1. The molecule has 2 aromatic carbocycles. The molecule has 3 amide bonds. The molecule has 0 aliphatic heterocycles. The van der Waals surface area contributed by atoms with Gasteiger partial charge in [-0.25, -0.2) is 19.0 Å². The Bertz CT molecular complexity index is 1160. The van der Waals surface area contributed by atoms with Crippen molar-refractivity contribution < 1.29 is 23.8 Å². The first-order chi connectivity index (χ1) is 16.9. The van der Waals surface area contributed by atoms with Crippen LogP contribution in [0.25, 0.3) is 10.8 Å². The van der Waals surface area contributed by atoms with E-state index >= 15 is 0 Å². The van der Waals surface area contributed by atoms with Gasteiger partial charge in [-0.1, -0.05) is 41.9 Å². The predicted octanol–water partition coefficient (Wildman–Crippen LogP) is 4.95. The number of aliphatic hydroxyl groups is 1. The van der Waals surface area contributed by atoms with Gasteiger partial charge in [-0.05, 0) is 48.4 Å². The second kappa shape index (κ2) is 12.9. The Hall–Kier alpha value is -3.43. The van der Waals surface area contributed by atoms with E-state index in [1.54, 1.807) is 19.3 Å². The van der Waals surface area contributed by atoms with E-state index in [0.717, 1.165) is 10.8 Å². The van der Waals surface area contributed by atoms with E-state index in [4.69, 9.17) is 21.4 Å². The Kier molecular flexibility index (Phi) is 9.63. The molecule has 8 nitrogen and oxygen atoms in total. The number of amides is 3. The minimum absolute atomic E-state index is 0.0284. The summed E-state index contributed by atoms with van der Waals surface area (Å²) < 4.78 is 18.6. The lowest BCUT2D eigenvalue weighted by molar-refractivity contribution is 0.112. The number of rotatable bonds is 10. The molecule has 10 heteroatoms. The number of carbonyl (C=O) groups is 2. The summed E-state index contributed by atoms with van der Waals surface area (Å²) in [6, 6.07) is 12.5. The fourth-order valence-electron chi connectivity index (χ4n) is 3.47. The number of nitrogens with one attached hydrogen (secondary N) is 2. The Morgan fingerprint density at radius 3 is 2.69 bits per heavy atom. The number of anilines is 1. The van der Waals surface area contributed by atoms with Gasteiger partial charge in [0.05, 0.1) is 6.04 Å². The van der Waals surface area contributed by atoms with Crippen LogP contribution in [0.1, 0.15) is 24.8 Å². The molecule has 186 valence electrons. The van der Waals surface area contributed by atoms with Gasteiger partial charge in [0.2, 0.25) is 0 Å². The van der Waals surface area contributed by atoms with Gasteiger partial charge in [0.15, 0.2) is 0 Å². The first-order valence-electron chi connectivity index (χ1n) is 11.2. The number of carbonyl (C=O) groups excluding carboxylic acids is 2. The molecule has 0 aliphatic carbocycles.